The Hall–Kier alpha value is -2.82. The van der Waals surface area contributed by atoms with Crippen LogP contribution < -0.4 is 10.1 Å². The molecule has 5 heteroatoms. The van der Waals surface area contributed by atoms with Crippen LogP contribution in [0.25, 0.3) is 0 Å². The summed E-state index contributed by atoms with van der Waals surface area (Å²) in [6.45, 7) is 3.87. The predicted octanol–water partition coefficient (Wildman–Crippen LogP) is 3.03. The zero-order valence-electron chi connectivity index (χ0n) is 14.9. The highest BCUT2D eigenvalue weighted by Crippen LogP contribution is 2.15. The molecule has 0 aliphatic rings. The summed E-state index contributed by atoms with van der Waals surface area (Å²) in [5, 5.41) is 2.85. The largest absolute Gasteiger partial charge is 0.484 e. The van der Waals surface area contributed by atoms with Crippen molar-refractivity contribution in [2.75, 3.05) is 25.5 Å². The molecule has 2 aromatic carbocycles. The molecular weight excluding hydrogens is 316 g/mol. The lowest BCUT2D eigenvalue weighted by atomic mass is 10.1. The van der Waals surface area contributed by atoms with Crippen LogP contribution in [-0.2, 0) is 16.0 Å². The number of carbonyl (C=O) groups excluding carboxylic acids is 2. The molecule has 0 unspecified atom stereocenters. The SMILES string of the molecule is CCc1ccccc1NC(=O)CN(C)C(=O)COc1cccc(C)c1. The van der Waals surface area contributed by atoms with Gasteiger partial charge in [0.15, 0.2) is 6.61 Å². The number of likely N-dealkylation sites (N-methyl/N-ethyl adjacent to an activating group) is 1. The first-order valence-electron chi connectivity index (χ1n) is 8.30. The second-order valence-electron chi connectivity index (χ2n) is 5.91. The van der Waals surface area contributed by atoms with Gasteiger partial charge in [-0.1, -0.05) is 37.3 Å². The Morgan fingerprint density at radius 2 is 1.88 bits per heavy atom. The Morgan fingerprint density at radius 3 is 2.60 bits per heavy atom. The van der Waals surface area contributed by atoms with E-state index in [-0.39, 0.29) is 25.0 Å². The van der Waals surface area contributed by atoms with Crippen LogP contribution in [0, 0.1) is 6.92 Å². The lowest BCUT2D eigenvalue weighted by Crippen LogP contribution is -2.37. The van der Waals surface area contributed by atoms with Gasteiger partial charge in [0.05, 0.1) is 6.54 Å². The van der Waals surface area contributed by atoms with Crippen LogP contribution in [0.3, 0.4) is 0 Å². The Labute approximate surface area is 148 Å². The number of aryl methyl sites for hydroxylation is 2. The quantitative estimate of drug-likeness (QED) is 0.843. The molecule has 0 aliphatic heterocycles. The fourth-order valence-electron chi connectivity index (χ4n) is 2.40. The van der Waals surface area contributed by atoms with Crippen molar-refractivity contribution >= 4 is 17.5 Å². The minimum atomic E-state index is -0.250. The normalized spacial score (nSPS) is 10.2. The van der Waals surface area contributed by atoms with E-state index in [1.165, 1.54) is 4.90 Å². The van der Waals surface area contributed by atoms with E-state index in [2.05, 4.69) is 5.32 Å². The molecule has 25 heavy (non-hydrogen) atoms. The van der Waals surface area contributed by atoms with Crippen LogP contribution in [-0.4, -0.2) is 36.9 Å². The molecule has 0 bridgehead atoms. The van der Waals surface area contributed by atoms with Crippen LogP contribution >= 0.6 is 0 Å². The number of hydrogen-bond acceptors (Lipinski definition) is 3. The second kappa shape index (κ2) is 8.87. The van der Waals surface area contributed by atoms with Gasteiger partial charge in [-0.2, -0.15) is 0 Å². The van der Waals surface area contributed by atoms with Gasteiger partial charge in [-0.15, -0.1) is 0 Å². The van der Waals surface area contributed by atoms with Crippen LogP contribution in [0.2, 0.25) is 0 Å². The molecule has 0 fully saturated rings. The van der Waals surface area contributed by atoms with Crippen molar-refractivity contribution < 1.29 is 14.3 Å². The Bertz CT molecular complexity index is 743. The van der Waals surface area contributed by atoms with Crippen molar-refractivity contribution in [3.63, 3.8) is 0 Å². The van der Waals surface area contributed by atoms with E-state index in [0.717, 1.165) is 23.2 Å². The van der Waals surface area contributed by atoms with Gasteiger partial charge in [0.25, 0.3) is 5.91 Å². The molecule has 0 aliphatic carbocycles. The van der Waals surface area contributed by atoms with Crippen molar-refractivity contribution in [2.24, 2.45) is 0 Å². The summed E-state index contributed by atoms with van der Waals surface area (Å²) in [6, 6.07) is 15.1. The number of benzene rings is 2. The molecule has 0 atom stereocenters. The van der Waals surface area contributed by atoms with E-state index in [4.69, 9.17) is 4.74 Å². The van der Waals surface area contributed by atoms with Gasteiger partial charge in [0.2, 0.25) is 5.91 Å². The van der Waals surface area contributed by atoms with Gasteiger partial charge in [-0.25, -0.2) is 0 Å². The van der Waals surface area contributed by atoms with Gasteiger partial charge < -0.3 is 15.0 Å². The van der Waals surface area contributed by atoms with Gasteiger partial charge >= 0.3 is 0 Å². The molecule has 0 saturated carbocycles. The summed E-state index contributed by atoms with van der Waals surface area (Å²) in [5.74, 6) is 0.163. The van der Waals surface area contributed by atoms with Crippen LogP contribution in [0.1, 0.15) is 18.1 Å². The molecule has 0 aromatic heterocycles. The number of nitrogens with zero attached hydrogens (tertiary/aromatic N) is 1. The average Bonchev–Trinajstić information content (AvgIpc) is 2.60. The summed E-state index contributed by atoms with van der Waals surface area (Å²) >= 11 is 0. The average molecular weight is 340 g/mol. The smallest absolute Gasteiger partial charge is 0.260 e. The van der Waals surface area contributed by atoms with Gasteiger partial charge in [0, 0.05) is 12.7 Å². The first-order chi connectivity index (χ1) is 12.0. The number of carbonyl (C=O) groups is 2. The number of rotatable bonds is 7. The summed E-state index contributed by atoms with van der Waals surface area (Å²) in [7, 11) is 1.59. The number of para-hydroxylation sites is 1. The standard InChI is InChI=1S/C20H24N2O3/c1-4-16-9-5-6-11-18(16)21-19(23)13-22(3)20(24)14-25-17-10-7-8-15(2)12-17/h5-12H,4,13-14H2,1-3H3,(H,21,23). The maximum absolute atomic E-state index is 12.2. The summed E-state index contributed by atoms with van der Waals surface area (Å²) in [4.78, 5) is 25.7. The molecule has 5 nitrogen and oxygen atoms in total. The molecule has 0 spiro atoms. The van der Waals surface area contributed by atoms with Gasteiger partial charge in [-0.3, -0.25) is 9.59 Å². The Kier molecular flexibility index (Phi) is 6.57. The number of amides is 2. The predicted molar refractivity (Wildman–Crippen MR) is 98.8 cm³/mol. The van der Waals surface area contributed by atoms with Crippen molar-refractivity contribution in [3.8, 4) is 5.75 Å². The minimum absolute atomic E-state index is 0.0198. The lowest BCUT2D eigenvalue weighted by molar-refractivity contribution is -0.135. The molecule has 0 radical (unpaired) electrons. The first kappa shape index (κ1) is 18.5. The maximum Gasteiger partial charge on any atom is 0.260 e. The fraction of sp³-hybridized carbons (Fsp3) is 0.300. The lowest BCUT2D eigenvalue weighted by Gasteiger charge is -2.18. The third-order valence-electron chi connectivity index (χ3n) is 3.83. The van der Waals surface area contributed by atoms with Crippen LogP contribution in [0.5, 0.6) is 5.75 Å². The van der Waals surface area contributed by atoms with E-state index in [0.29, 0.717) is 5.75 Å². The number of nitrogens with one attached hydrogen (secondary N) is 1. The molecule has 1 N–H and O–H groups in total. The van der Waals surface area contributed by atoms with Crippen molar-refractivity contribution in [1.29, 1.82) is 0 Å². The monoisotopic (exact) mass is 340 g/mol. The van der Waals surface area contributed by atoms with E-state index in [1.54, 1.807) is 13.1 Å². The minimum Gasteiger partial charge on any atom is -0.484 e. The van der Waals surface area contributed by atoms with Crippen molar-refractivity contribution in [1.82, 2.24) is 4.90 Å². The molecule has 2 aromatic rings. The number of anilines is 1. The maximum atomic E-state index is 12.2. The highest BCUT2D eigenvalue weighted by molar-refractivity contribution is 5.95. The van der Waals surface area contributed by atoms with E-state index in [1.807, 2.05) is 56.3 Å². The number of ether oxygens (including phenoxy) is 1. The summed E-state index contributed by atoms with van der Waals surface area (Å²) in [5.41, 5.74) is 2.91. The van der Waals surface area contributed by atoms with E-state index >= 15 is 0 Å². The molecule has 0 heterocycles. The summed E-state index contributed by atoms with van der Waals surface area (Å²) in [6.07, 6.45) is 0.829. The van der Waals surface area contributed by atoms with Gasteiger partial charge in [-0.05, 0) is 42.7 Å². The second-order valence-corrected chi connectivity index (χ2v) is 5.91. The van der Waals surface area contributed by atoms with E-state index in [9.17, 15) is 9.59 Å². The Balaban J connectivity index is 1.84. The highest BCUT2D eigenvalue weighted by Gasteiger charge is 2.14. The zero-order valence-corrected chi connectivity index (χ0v) is 14.9. The third-order valence-corrected chi connectivity index (χ3v) is 3.83. The van der Waals surface area contributed by atoms with Crippen molar-refractivity contribution in [2.45, 2.75) is 20.3 Å². The Morgan fingerprint density at radius 1 is 1.12 bits per heavy atom. The molecule has 0 saturated heterocycles. The number of hydrogen-bond donors (Lipinski definition) is 1. The zero-order chi connectivity index (χ0) is 18.2. The summed E-state index contributed by atoms with van der Waals surface area (Å²) < 4.78 is 5.48. The molecular formula is C20H24N2O3. The van der Waals surface area contributed by atoms with E-state index < -0.39 is 0 Å². The van der Waals surface area contributed by atoms with Crippen LogP contribution in [0.15, 0.2) is 48.5 Å². The molecule has 2 amide bonds. The topological polar surface area (TPSA) is 58.6 Å². The molecule has 2 rings (SSSR count). The van der Waals surface area contributed by atoms with Gasteiger partial charge in [0.1, 0.15) is 5.75 Å². The van der Waals surface area contributed by atoms with Crippen LogP contribution in [0.4, 0.5) is 5.69 Å². The first-order valence-corrected chi connectivity index (χ1v) is 8.30. The third kappa shape index (κ3) is 5.64. The molecule has 132 valence electrons. The fourth-order valence-corrected chi connectivity index (χ4v) is 2.40. The van der Waals surface area contributed by atoms with Crippen molar-refractivity contribution in [3.05, 3.63) is 59.7 Å². The highest BCUT2D eigenvalue weighted by atomic mass is 16.5.